The number of benzene rings is 2. The molecule has 2 aromatic carbocycles. The molecule has 1 amide bonds. The molecule has 2 N–H and O–H groups in total. The summed E-state index contributed by atoms with van der Waals surface area (Å²) >= 11 is 3.47. The lowest BCUT2D eigenvalue weighted by molar-refractivity contribution is -0.117. The number of amides is 1. The Balaban J connectivity index is 1.41. The van der Waals surface area contributed by atoms with Crippen LogP contribution in [-0.4, -0.2) is 21.0 Å². The Labute approximate surface area is 159 Å². The van der Waals surface area contributed by atoms with E-state index in [0.29, 0.717) is 11.5 Å². The highest BCUT2D eigenvalue weighted by molar-refractivity contribution is 9.10. The molecule has 1 aliphatic rings. The van der Waals surface area contributed by atoms with E-state index in [1.807, 2.05) is 18.2 Å². The Morgan fingerprint density at radius 1 is 1.12 bits per heavy atom. The first-order valence-corrected chi connectivity index (χ1v) is 9.07. The summed E-state index contributed by atoms with van der Waals surface area (Å²) in [5, 5.41) is 12.4. The van der Waals surface area contributed by atoms with Gasteiger partial charge in [0.1, 0.15) is 5.75 Å². The third-order valence-corrected chi connectivity index (χ3v) is 4.92. The second-order valence-electron chi connectivity index (χ2n) is 6.34. The zero-order valence-electron chi connectivity index (χ0n) is 13.8. The van der Waals surface area contributed by atoms with Gasteiger partial charge < -0.3 is 10.4 Å². The van der Waals surface area contributed by atoms with E-state index in [4.69, 9.17) is 0 Å². The predicted molar refractivity (Wildman–Crippen MR) is 103 cm³/mol. The van der Waals surface area contributed by atoms with Crippen LogP contribution < -0.4 is 5.32 Å². The highest BCUT2D eigenvalue weighted by Gasteiger charge is 2.44. The molecule has 0 spiro atoms. The zero-order chi connectivity index (χ0) is 18.1. The number of phenolic OH excluding ortho intramolecular Hbond substituents is 1. The molecule has 1 aliphatic carbocycles. The monoisotopic (exact) mass is 409 g/mol. The molecule has 1 heterocycles. The van der Waals surface area contributed by atoms with Crippen LogP contribution in [-0.2, 0) is 4.79 Å². The summed E-state index contributed by atoms with van der Waals surface area (Å²) in [6, 6.07) is 14.8. The maximum Gasteiger partial charge on any atom is 0.228 e. The maximum absolute atomic E-state index is 12.4. The molecule has 6 heteroatoms. The Morgan fingerprint density at radius 2 is 1.88 bits per heavy atom. The van der Waals surface area contributed by atoms with Crippen molar-refractivity contribution < 1.29 is 9.90 Å². The first-order chi connectivity index (χ1) is 12.6. The molecule has 130 valence electrons. The summed E-state index contributed by atoms with van der Waals surface area (Å²) < 4.78 is 1.02. The molecule has 1 aromatic heterocycles. The fraction of sp³-hybridized carbons (Fsp3) is 0.150. The molecule has 0 aliphatic heterocycles. The van der Waals surface area contributed by atoms with Gasteiger partial charge in [-0.05, 0) is 42.2 Å². The lowest BCUT2D eigenvalue weighted by atomic mass is 10.1. The molecular weight excluding hydrogens is 394 g/mol. The van der Waals surface area contributed by atoms with E-state index in [9.17, 15) is 9.90 Å². The number of aromatic hydroxyl groups is 1. The number of phenols is 1. The number of aromatic nitrogens is 2. The number of nitrogens with zero attached hydrogens (tertiary/aromatic N) is 2. The molecule has 0 bridgehead atoms. The van der Waals surface area contributed by atoms with Gasteiger partial charge in [-0.25, -0.2) is 9.97 Å². The molecule has 5 nitrogen and oxygen atoms in total. The minimum Gasteiger partial charge on any atom is -0.508 e. The van der Waals surface area contributed by atoms with E-state index in [0.717, 1.165) is 16.5 Å². The molecule has 2 atom stereocenters. The van der Waals surface area contributed by atoms with Gasteiger partial charge >= 0.3 is 0 Å². The van der Waals surface area contributed by atoms with E-state index >= 15 is 0 Å². The second kappa shape index (κ2) is 6.88. The largest absolute Gasteiger partial charge is 0.508 e. The summed E-state index contributed by atoms with van der Waals surface area (Å²) in [5.74, 6) is 0.895. The summed E-state index contributed by atoms with van der Waals surface area (Å²) in [4.78, 5) is 21.0. The van der Waals surface area contributed by atoms with E-state index in [2.05, 4.69) is 43.3 Å². The van der Waals surface area contributed by atoms with Gasteiger partial charge in [-0.2, -0.15) is 0 Å². The lowest BCUT2D eigenvalue weighted by Gasteiger charge is -2.06. The van der Waals surface area contributed by atoms with Crippen molar-refractivity contribution in [3.8, 4) is 17.1 Å². The van der Waals surface area contributed by atoms with Crippen LogP contribution in [0.15, 0.2) is 65.4 Å². The van der Waals surface area contributed by atoms with Crippen molar-refractivity contribution in [3.05, 3.63) is 71.0 Å². The Bertz CT molecular complexity index is 959. The van der Waals surface area contributed by atoms with Crippen LogP contribution in [0.3, 0.4) is 0 Å². The Morgan fingerprint density at radius 3 is 2.62 bits per heavy atom. The first kappa shape index (κ1) is 16.7. The number of halogens is 1. The quantitative estimate of drug-likeness (QED) is 0.671. The summed E-state index contributed by atoms with van der Waals surface area (Å²) in [6.45, 7) is 0. The highest BCUT2D eigenvalue weighted by Crippen LogP contribution is 2.48. The summed E-state index contributed by atoms with van der Waals surface area (Å²) in [6.07, 6.45) is 4.02. The fourth-order valence-corrected chi connectivity index (χ4v) is 3.43. The predicted octanol–water partition coefficient (Wildman–Crippen LogP) is 4.35. The topological polar surface area (TPSA) is 75.1 Å². The van der Waals surface area contributed by atoms with Gasteiger partial charge in [0.25, 0.3) is 0 Å². The van der Waals surface area contributed by atoms with Crippen molar-refractivity contribution in [2.75, 3.05) is 5.32 Å². The third-order valence-electron chi connectivity index (χ3n) is 4.43. The molecule has 0 radical (unpaired) electrons. The molecule has 4 rings (SSSR count). The van der Waals surface area contributed by atoms with Crippen LogP contribution in [0.25, 0.3) is 11.4 Å². The van der Waals surface area contributed by atoms with Gasteiger partial charge in [-0.3, -0.25) is 4.79 Å². The molecule has 0 saturated heterocycles. The van der Waals surface area contributed by atoms with Crippen molar-refractivity contribution >= 4 is 27.5 Å². The average molecular weight is 410 g/mol. The van der Waals surface area contributed by atoms with Crippen molar-refractivity contribution in [3.63, 3.8) is 0 Å². The molecule has 2 unspecified atom stereocenters. The summed E-state index contributed by atoms with van der Waals surface area (Å²) in [7, 11) is 0. The van der Waals surface area contributed by atoms with Crippen molar-refractivity contribution in [2.45, 2.75) is 12.3 Å². The Kier molecular flexibility index (Phi) is 4.42. The maximum atomic E-state index is 12.4. The number of anilines is 1. The highest BCUT2D eigenvalue weighted by atomic mass is 79.9. The summed E-state index contributed by atoms with van der Waals surface area (Å²) in [5.41, 5.74) is 2.47. The molecule has 3 aromatic rings. The van der Waals surface area contributed by atoms with Crippen LogP contribution in [0.5, 0.6) is 5.75 Å². The standard InChI is InChI=1S/C20H16BrN3O2/c21-14-5-1-3-12(7-14)17-9-18(17)20(26)24-15-10-22-19(23-11-15)13-4-2-6-16(25)8-13/h1-8,10-11,17-18,25H,9H2,(H,24,26). The van der Waals surface area contributed by atoms with Crippen molar-refractivity contribution in [1.82, 2.24) is 9.97 Å². The van der Waals surface area contributed by atoms with Crippen LogP contribution >= 0.6 is 15.9 Å². The number of carbonyl (C=O) groups is 1. The number of hydrogen-bond acceptors (Lipinski definition) is 4. The van der Waals surface area contributed by atoms with Gasteiger partial charge in [0.05, 0.1) is 18.1 Å². The minimum absolute atomic E-state index is 0.0105. The smallest absolute Gasteiger partial charge is 0.228 e. The van der Waals surface area contributed by atoms with Gasteiger partial charge in [-0.1, -0.05) is 40.2 Å². The third kappa shape index (κ3) is 3.60. The first-order valence-electron chi connectivity index (χ1n) is 8.28. The molecule has 1 saturated carbocycles. The number of nitrogens with one attached hydrogen (secondary N) is 1. The SMILES string of the molecule is O=C(Nc1cnc(-c2cccc(O)c2)nc1)C1CC1c1cccc(Br)c1. The van der Waals surface area contributed by atoms with Gasteiger partial charge in [0.15, 0.2) is 5.82 Å². The average Bonchev–Trinajstić information content (AvgIpc) is 3.43. The van der Waals surface area contributed by atoms with Crippen LogP contribution in [0.2, 0.25) is 0 Å². The molecular formula is C20H16BrN3O2. The fourth-order valence-electron chi connectivity index (χ4n) is 3.01. The van der Waals surface area contributed by atoms with Gasteiger partial charge in [-0.15, -0.1) is 0 Å². The van der Waals surface area contributed by atoms with Gasteiger partial charge in [0.2, 0.25) is 5.91 Å². The zero-order valence-corrected chi connectivity index (χ0v) is 15.3. The van der Waals surface area contributed by atoms with Gasteiger partial charge in [0, 0.05) is 16.0 Å². The van der Waals surface area contributed by atoms with Crippen LogP contribution in [0.4, 0.5) is 5.69 Å². The second-order valence-corrected chi connectivity index (χ2v) is 7.25. The lowest BCUT2D eigenvalue weighted by Crippen LogP contribution is -2.15. The van der Waals surface area contributed by atoms with E-state index in [1.54, 1.807) is 30.6 Å². The van der Waals surface area contributed by atoms with Crippen LogP contribution in [0, 0.1) is 5.92 Å². The van der Waals surface area contributed by atoms with E-state index in [-0.39, 0.29) is 23.5 Å². The molecule has 26 heavy (non-hydrogen) atoms. The number of carbonyl (C=O) groups excluding carboxylic acids is 1. The normalized spacial score (nSPS) is 18.3. The minimum atomic E-state index is -0.0185. The van der Waals surface area contributed by atoms with Crippen molar-refractivity contribution in [2.24, 2.45) is 5.92 Å². The number of rotatable bonds is 4. The van der Waals surface area contributed by atoms with E-state index < -0.39 is 0 Å². The van der Waals surface area contributed by atoms with E-state index in [1.165, 1.54) is 5.56 Å². The van der Waals surface area contributed by atoms with Crippen LogP contribution in [0.1, 0.15) is 17.9 Å². The number of hydrogen-bond donors (Lipinski definition) is 2. The Hall–Kier alpha value is -2.73. The van der Waals surface area contributed by atoms with Crippen molar-refractivity contribution in [1.29, 1.82) is 0 Å². The molecule has 1 fully saturated rings.